The lowest BCUT2D eigenvalue weighted by Crippen LogP contribution is -2.27. The van der Waals surface area contributed by atoms with Crippen molar-refractivity contribution in [3.63, 3.8) is 0 Å². The Balaban J connectivity index is 1.97. The Hall–Kier alpha value is -1.96. The summed E-state index contributed by atoms with van der Waals surface area (Å²) < 4.78 is 5.94. The number of ether oxygens (including phenoxy) is 1. The first-order valence-corrected chi connectivity index (χ1v) is 9.58. The van der Waals surface area contributed by atoms with E-state index >= 15 is 0 Å². The van der Waals surface area contributed by atoms with Crippen molar-refractivity contribution in [2.75, 3.05) is 11.5 Å². The summed E-state index contributed by atoms with van der Waals surface area (Å²) in [6.45, 7) is 2.19. The highest BCUT2D eigenvalue weighted by Gasteiger charge is 2.36. The van der Waals surface area contributed by atoms with Crippen molar-refractivity contribution >= 4 is 62.2 Å². The number of thioether (sulfide) groups is 1. The van der Waals surface area contributed by atoms with E-state index in [9.17, 15) is 14.7 Å². The molecule has 1 N–H and O–H groups in total. The van der Waals surface area contributed by atoms with Gasteiger partial charge < -0.3 is 9.84 Å². The normalized spacial score (nSPS) is 15.8. The highest BCUT2D eigenvalue weighted by atomic mass is 79.9. The molecule has 1 heterocycles. The number of aromatic hydroxyl groups is 1. The minimum atomic E-state index is -0.430. The summed E-state index contributed by atoms with van der Waals surface area (Å²) in [6.07, 6.45) is 1.58. The molecule has 2 aromatic rings. The number of rotatable bonds is 4. The summed E-state index contributed by atoms with van der Waals surface area (Å²) in [5.74, 6) is -0.140. The van der Waals surface area contributed by atoms with Crippen LogP contribution in [0.4, 0.5) is 10.5 Å². The van der Waals surface area contributed by atoms with Gasteiger partial charge in [0.25, 0.3) is 11.1 Å². The summed E-state index contributed by atoms with van der Waals surface area (Å²) >= 11 is 10.1. The Morgan fingerprint density at radius 2 is 2.08 bits per heavy atom. The highest BCUT2D eigenvalue weighted by Crippen LogP contribution is 2.39. The summed E-state index contributed by atoms with van der Waals surface area (Å²) in [4.78, 5) is 26.4. The molecule has 1 saturated heterocycles. The number of hydrogen-bond donors (Lipinski definition) is 1. The zero-order valence-electron chi connectivity index (χ0n) is 13.5. The number of phenolic OH excluding ortho intramolecular Hbond substituents is 1. The van der Waals surface area contributed by atoms with Gasteiger partial charge in [-0.1, -0.05) is 33.6 Å². The maximum absolute atomic E-state index is 12.7. The Labute approximate surface area is 167 Å². The summed E-state index contributed by atoms with van der Waals surface area (Å²) in [5, 5.41) is 9.93. The van der Waals surface area contributed by atoms with E-state index < -0.39 is 11.1 Å². The van der Waals surface area contributed by atoms with Crippen LogP contribution in [-0.2, 0) is 4.79 Å². The van der Waals surface area contributed by atoms with Crippen LogP contribution in [0.25, 0.3) is 6.08 Å². The second kappa shape index (κ2) is 7.73. The van der Waals surface area contributed by atoms with Gasteiger partial charge in [0.05, 0.1) is 17.2 Å². The van der Waals surface area contributed by atoms with Gasteiger partial charge in [0.2, 0.25) is 0 Å². The number of nitrogens with zero attached hydrogens (tertiary/aromatic N) is 1. The molecule has 0 aliphatic carbocycles. The predicted molar refractivity (Wildman–Crippen MR) is 107 cm³/mol. The molecule has 8 heteroatoms. The quantitative estimate of drug-likeness (QED) is 0.622. The van der Waals surface area contributed by atoms with Crippen LogP contribution in [0.5, 0.6) is 11.5 Å². The number of carbonyl (C=O) groups is 2. The van der Waals surface area contributed by atoms with Gasteiger partial charge in [0.1, 0.15) is 0 Å². The number of carbonyl (C=O) groups excluding carboxylic acids is 2. The Bertz CT molecular complexity index is 931. The number of phenols is 1. The molecule has 3 rings (SSSR count). The van der Waals surface area contributed by atoms with Gasteiger partial charge in [-0.2, -0.15) is 0 Å². The SMILES string of the molecule is CCOc1cc(/C=C2/SC(=O)N(c3cccc(Cl)c3)C2=O)c(Br)cc1O. The predicted octanol–water partition coefficient (Wildman–Crippen LogP) is 5.45. The van der Waals surface area contributed by atoms with Gasteiger partial charge >= 0.3 is 0 Å². The van der Waals surface area contributed by atoms with Gasteiger partial charge in [-0.15, -0.1) is 0 Å². The van der Waals surface area contributed by atoms with E-state index in [0.717, 1.165) is 16.7 Å². The molecule has 0 aromatic heterocycles. The van der Waals surface area contributed by atoms with Crippen LogP contribution in [0, 0.1) is 0 Å². The second-order valence-electron chi connectivity index (χ2n) is 5.27. The van der Waals surface area contributed by atoms with Gasteiger partial charge in [-0.25, -0.2) is 4.90 Å². The Morgan fingerprint density at radius 3 is 2.77 bits per heavy atom. The molecule has 1 aliphatic heterocycles. The molecule has 134 valence electrons. The average molecular weight is 455 g/mol. The zero-order valence-corrected chi connectivity index (χ0v) is 16.7. The third-order valence-electron chi connectivity index (χ3n) is 3.52. The Kier molecular flexibility index (Phi) is 5.60. The summed E-state index contributed by atoms with van der Waals surface area (Å²) in [5.41, 5.74) is 1.03. The van der Waals surface area contributed by atoms with Crippen molar-refractivity contribution in [3.8, 4) is 11.5 Å². The lowest BCUT2D eigenvalue weighted by atomic mass is 10.2. The van der Waals surface area contributed by atoms with E-state index in [-0.39, 0.29) is 10.7 Å². The minimum Gasteiger partial charge on any atom is -0.504 e. The van der Waals surface area contributed by atoms with Crippen LogP contribution in [0.2, 0.25) is 5.02 Å². The fourth-order valence-electron chi connectivity index (χ4n) is 2.39. The zero-order chi connectivity index (χ0) is 18.8. The van der Waals surface area contributed by atoms with E-state index in [2.05, 4.69) is 15.9 Å². The van der Waals surface area contributed by atoms with Crippen LogP contribution in [0.15, 0.2) is 45.8 Å². The molecule has 26 heavy (non-hydrogen) atoms. The molecule has 2 amide bonds. The standard InChI is InChI=1S/C18H13BrClNO4S/c1-2-25-15-6-10(13(19)9-14(15)22)7-16-17(23)21(18(24)26-16)12-5-3-4-11(20)8-12/h3-9,22H,2H2,1H3/b16-7+. The lowest BCUT2D eigenvalue weighted by molar-refractivity contribution is -0.113. The van der Waals surface area contributed by atoms with Crippen LogP contribution in [0.1, 0.15) is 12.5 Å². The molecular weight excluding hydrogens is 442 g/mol. The van der Waals surface area contributed by atoms with E-state index in [0.29, 0.717) is 33.1 Å². The molecule has 0 atom stereocenters. The lowest BCUT2D eigenvalue weighted by Gasteiger charge is -2.12. The molecule has 2 aromatic carbocycles. The number of halogens is 2. The Morgan fingerprint density at radius 1 is 1.31 bits per heavy atom. The maximum atomic E-state index is 12.7. The molecular formula is C18H13BrClNO4S. The van der Waals surface area contributed by atoms with E-state index in [1.165, 1.54) is 6.07 Å². The number of imide groups is 1. The minimum absolute atomic E-state index is 0.0112. The largest absolute Gasteiger partial charge is 0.504 e. The summed E-state index contributed by atoms with van der Waals surface area (Å²) in [6, 6.07) is 9.64. The van der Waals surface area contributed by atoms with Crippen molar-refractivity contribution < 1.29 is 19.4 Å². The van der Waals surface area contributed by atoms with Crippen molar-refractivity contribution in [3.05, 3.63) is 56.4 Å². The average Bonchev–Trinajstić information content (AvgIpc) is 2.86. The number of amides is 2. The van der Waals surface area contributed by atoms with Crippen molar-refractivity contribution in [1.82, 2.24) is 0 Å². The first-order chi connectivity index (χ1) is 12.4. The number of benzene rings is 2. The van der Waals surface area contributed by atoms with E-state index in [1.54, 1.807) is 43.3 Å². The molecule has 1 fully saturated rings. The highest BCUT2D eigenvalue weighted by molar-refractivity contribution is 9.10. The fourth-order valence-corrected chi connectivity index (χ4v) is 3.85. The smallest absolute Gasteiger partial charge is 0.298 e. The topological polar surface area (TPSA) is 66.8 Å². The second-order valence-corrected chi connectivity index (χ2v) is 7.56. The van der Waals surface area contributed by atoms with Crippen LogP contribution in [-0.4, -0.2) is 22.9 Å². The third kappa shape index (κ3) is 3.75. The van der Waals surface area contributed by atoms with E-state index in [4.69, 9.17) is 16.3 Å². The third-order valence-corrected chi connectivity index (χ3v) is 5.32. The van der Waals surface area contributed by atoms with Crippen LogP contribution < -0.4 is 9.64 Å². The number of hydrogen-bond acceptors (Lipinski definition) is 5. The fraction of sp³-hybridized carbons (Fsp3) is 0.111. The maximum Gasteiger partial charge on any atom is 0.298 e. The van der Waals surface area contributed by atoms with Gasteiger partial charge in [0.15, 0.2) is 11.5 Å². The first kappa shape index (κ1) is 18.8. The van der Waals surface area contributed by atoms with Crippen LogP contribution in [0.3, 0.4) is 0 Å². The number of anilines is 1. The molecule has 0 unspecified atom stereocenters. The molecule has 0 bridgehead atoms. The van der Waals surface area contributed by atoms with Gasteiger partial charge in [0, 0.05) is 9.50 Å². The van der Waals surface area contributed by atoms with Crippen LogP contribution >= 0.6 is 39.3 Å². The molecule has 5 nitrogen and oxygen atoms in total. The molecule has 0 radical (unpaired) electrons. The van der Waals surface area contributed by atoms with Gasteiger partial charge in [-0.05, 0) is 60.7 Å². The van der Waals surface area contributed by atoms with E-state index in [1.807, 2.05) is 0 Å². The van der Waals surface area contributed by atoms with Gasteiger partial charge in [-0.3, -0.25) is 9.59 Å². The van der Waals surface area contributed by atoms with Crippen molar-refractivity contribution in [1.29, 1.82) is 0 Å². The van der Waals surface area contributed by atoms with Crippen molar-refractivity contribution in [2.45, 2.75) is 6.92 Å². The molecule has 0 spiro atoms. The molecule has 0 saturated carbocycles. The monoisotopic (exact) mass is 453 g/mol. The summed E-state index contributed by atoms with van der Waals surface area (Å²) in [7, 11) is 0. The molecule has 1 aliphatic rings. The van der Waals surface area contributed by atoms with Crippen molar-refractivity contribution in [2.24, 2.45) is 0 Å². The first-order valence-electron chi connectivity index (χ1n) is 7.59.